The van der Waals surface area contributed by atoms with Gasteiger partial charge in [-0.1, -0.05) is 79.2 Å². The SMILES string of the molecule is CC#CC[C@H](C)[C@@H](/C=C/[C@@H]1[C@H]2C/C(=C/CCCCO[Si](C)(C)C(C)(C)C)C[C@H]2C[C@H]1C)O[Si](C)(C)C(C)(C)C. The summed E-state index contributed by atoms with van der Waals surface area (Å²) in [6.07, 6.45) is 16.3. The third kappa shape index (κ3) is 9.73. The van der Waals surface area contributed by atoms with Crippen molar-refractivity contribution in [2.75, 3.05) is 6.61 Å². The molecule has 39 heavy (non-hydrogen) atoms. The molecule has 0 aromatic rings. The van der Waals surface area contributed by atoms with Crippen LogP contribution in [0, 0.1) is 41.4 Å². The Kier molecular flexibility index (Phi) is 12.5. The minimum absolute atomic E-state index is 0.156. The van der Waals surface area contributed by atoms with Crippen LogP contribution in [0.25, 0.3) is 0 Å². The highest BCUT2D eigenvalue weighted by Gasteiger charge is 2.44. The van der Waals surface area contributed by atoms with Crippen LogP contribution >= 0.6 is 0 Å². The largest absolute Gasteiger partial charge is 0.417 e. The van der Waals surface area contributed by atoms with Crippen LogP contribution in [0.4, 0.5) is 0 Å². The lowest BCUT2D eigenvalue weighted by molar-refractivity contribution is 0.169. The van der Waals surface area contributed by atoms with Crippen molar-refractivity contribution in [3.63, 3.8) is 0 Å². The zero-order chi connectivity index (χ0) is 29.6. The molecule has 6 atom stereocenters. The Morgan fingerprint density at radius 3 is 2.21 bits per heavy atom. The van der Waals surface area contributed by atoms with E-state index in [1.165, 1.54) is 38.5 Å². The molecular weight excluding hydrogens is 509 g/mol. The molecule has 0 saturated heterocycles. The molecule has 0 heterocycles. The molecule has 2 aliphatic carbocycles. The van der Waals surface area contributed by atoms with Gasteiger partial charge < -0.3 is 8.85 Å². The zero-order valence-electron chi connectivity index (χ0n) is 28.2. The summed E-state index contributed by atoms with van der Waals surface area (Å²) >= 11 is 0. The van der Waals surface area contributed by atoms with E-state index in [1.807, 2.05) is 6.92 Å². The average Bonchev–Trinajstić information content (AvgIpc) is 3.31. The second kappa shape index (κ2) is 14.0. The molecule has 2 fully saturated rings. The highest BCUT2D eigenvalue weighted by Crippen LogP contribution is 2.53. The molecule has 0 unspecified atom stereocenters. The van der Waals surface area contributed by atoms with Gasteiger partial charge in [0.05, 0.1) is 6.10 Å². The van der Waals surface area contributed by atoms with Crippen molar-refractivity contribution in [2.45, 2.75) is 150 Å². The standard InChI is InChI=1S/C35H64O2Si2/c1-14-15-19-27(2)33(37-39(12,13)35(7,8)9)22-21-31-28(3)24-30-25-29(26-32(30)31)20-17-16-18-23-36-38(10,11)34(4,5)6/h20-22,27-28,30-33H,16-19,23-26H2,1-13H3/b22-21+,29-20+/t27-,28+,30+,31-,32-,33+/m0/s1. The summed E-state index contributed by atoms with van der Waals surface area (Å²) in [5.74, 6) is 9.94. The van der Waals surface area contributed by atoms with Gasteiger partial charge >= 0.3 is 0 Å². The maximum atomic E-state index is 6.98. The lowest BCUT2D eigenvalue weighted by atomic mass is 9.86. The first-order chi connectivity index (χ1) is 17.9. The molecule has 4 heteroatoms. The number of unbranched alkanes of at least 4 members (excludes halogenated alkanes) is 2. The van der Waals surface area contributed by atoms with Crippen LogP contribution in [0.3, 0.4) is 0 Å². The lowest BCUT2D eigenvalue weighted by Gasteiger charge is -2.40. The molecule has 0 aromatic heterocycles. The summed E-state index contributed by atoms with van der Waals surface area (Å²) < 4.78 is 13.4. The highest BCUT2D eigenvalue weighted by atomic mass is 28.4. The Morgan fingerprint density at radius 1 is 0.974 bits per heavy atom. The van der Waals surface area contributed by atoms with Crippen LogP contribution in [-0.4, -0.2) is 29.3 Å². The summed E-state index contributed by atoms with van der Waals surface area (Å²) in [5, 5.41) is 0.514. The maximum Gasteiger partial charge on any atom is 0.192 e. The van der Waals surface area contributed by atoms with E-state index < -0.39 is 16.6 Å². The monoisotopic (exact) mass is 572 g/mol. The Morgan fingerprint density at radius 2 is 1.62 bits per heavy atom. The highest BCUT2D eigenvalue weighted by molar-refractivity contribution is 6.74. The fourth-order valence-electron chi connectivity index (χ4n) is 5.88. The molecule has 0 radical (unpaired) electrons. The van der Waals surface area contributed by atoms with Crippen LogP contribution in [0.15, 0.2) is 23.8 Å². The Labute approximate surface area is 246 Å². The molecule has 0 N–H and O–H groups in total. The molecule has 0 amide bonds. The Hall–Kier alpha value is -0.606. The molecule has 0 bridgehead atoms. The van der Waals surface area contributed by atoms with Gasteiger partial charge in [0.25, 0.3) is 0 Å². The molecular formula is C35H64O2Si2. The maximum absolute atomic E-state index is 6.98. The van der Waals surface area contributed by atoms with Crippen LogP contribution < -0.4 is 0 Å². The molecule has 0 spiro atoms. The van der Waals surface area contributed by atoms with E-state index in [1.54, 1.807) is 5.57 Å². The van der Waals surface area contributed by atoms with Crippen molar-refractivity contribution in [1.29, 1.82) is 0 Å². The van der Waals surface area contributed by atoms with Crippen molar-refractivity contribution in [1.82, 2.24) is 0 Å². The van der Waals surface area contributed by atoms with Crippen molar-refractivity contribution in [3.05, 3.63) is 23.8 Å². The Balaban J connectivity index is 1.98. The van der Waals surface area contributed by atoms with E-state index in [9.17, 15) is 0 Å². The van der Waals surface area contributed by atoms with E-state index in [-0.39, 0.29) is 11.1 Å². The van der Waals surface area contributed by atoms with Crippen molar-refractivity contribution in [2.24, 2.45) is 29.6 Å². The van der Waals surface area contributed by atoms with E-state index in [2.05, 4.69) is 112 Å². The number of hydrogen-bond donors (Lipinski definition) is 0. The zero-order valence-corrected chi connectivity index (χ0v) is 30.2. The summed E-state index contributed by atoms with van der Waals surface area (Å²) in [6.45, 7) is 31.2. The van der Waals surface area contributed by atoms with Gasteiger partial charge in [0, 0.05) is 13.0 Å². The molecule has 2 aliphatic rings. The predicted octanol–water partition coefficient (Wildman–Crippen LogP) is 10.8. The molecule has 0 aromatic carbocycles. The smallest absolute Gasteiger partial charge is 0.192 e. The topological polar surface area (TPSA) is 18.5 Å². The van der Waals surface area contributed by atoms with Crippen LogP contribution in [-0.2, 0) is 8.85 Å². The van der Waals surface area contributed by atoms with Gasteiger partial charge in [0.15, 0.2) is 16.6 Å². The molecule has 0 aliphatic heterocycles. The average molecular weight is 573 g/mol. The van der Waals surface area contributed by atoms with Gasteiger partial charge in [-0.25, -0.2) is 0 Å². The summed E-state index contributed by atoms with van der Waals surface area (Å²) in [4.78, 5) is 0. The summed E-state index contributed by atoms with van der Waals surface area (Å²) in [5.41, 5.74) is 1.72. The summed E-state index contributed by atoms with van der Waals surface area (Å²) in [7, 11) is -3.47. The number of fused-ring (bicyclic) bond motifs is 1. The van der Waals surface area contributed by atoms with E-state index in [0.717, 1.165) is 30.8 Å². The minimum Gasteiger partial charge on any atom is -0.417 e. The van der Waals surface area contributed by atoms with Gasteiger partial charge in [-0.05, 0) is 111 Å². The normalized spacial score (nSPS) is 27.1. The Bertz CT molecular complexity index is 890. The quantitative estimate of drug-likeness (QED) is 0.100. The van der Waals surface area contributed by atoms with E-state index >= 15 is 0 Å². The van der Waals surface area contributed by atoms with Gasteiger partial charge in [0.2, 0.25) is 0 Å². The van der Waals surface area contributed by atoms with Gasteiger partial charge in [-0.15, -0.1) is 11.8 Å². The first-order valence-corrected chi connectivity index (χ1v) is 21.8. The second-order valence-corrected chi connectivity index (χ2v) is 25.5. The number of rotatable bonds is 12. The third-order valence-corrected chi connectivity index (χ3v) is 19.7. The minimum atomic E-state index is -1.86. The van der Waals surface area contributed by atoms with Crippen LogP contribution in [0.1, 0.15) is 107 Å². The van der Waals surface area contributed by atoms with Crippen LogP contribution in [0.2, 0.25) is 36.3 Å². The van der Waals surface area contributed by atoms with Crippen molar-refractivity contribution < 1.29 is 8.85 Å². The molecule has 2 rings (SSSR count). The van der Waals surface area contributed by atoms with E-state index in [4.69, 9.17) is 8.85 Å². The predicted molar refractivity (Wildman–Crippen MR) is 177 cm³/mol. The number of hydrogen-bond acceptors (Lipinski definition) is 2. The van der Waals surface area contributed by atoms with Crippen molar-refractivity contribution >= 4 is 16.6 Å². The summed E-state index contributed by atoms with van der Waals surface area (Å²) in [6, 6.07) is 0. The van der Waals surface area contributed by atoms with Gasteiger partial charge in [0.1, 0.15) is 0 Å². The number of allylic oxidation sites excluding steroid dienone is 3. The first-order valence-electron chi connectivity index (χ1n) is 16.0. The van der Waals surface area contributed by atoms with Crippen molar-refractivity contribution in [3.8, 4) is 11.8 Å². The second-order valence-electron chi connectivity index (χ2n) is 15.9. The molecule has 2 nitrogen and oxygen atoms in total. The van der Waals surface area contributed by atoms with E-state index in [0.29, 0.717) is 16.9 Å². The lowest BCUT2D eigenvalue weighted by Crippen LogP contribution is -2.45. The first kappa shape index (κ1) is 34.6. The fraction of sp³-hybridized carbons (Fsp3) is 0.829. The third-order valence-electron chi connectivity index (χ3n) is 10.7. The molecule has 224 valence electrons. The fourth-order valence-corrected chi connectivity index (χ4v) is 8.31. The van der Waals surface area contributed by atoms with Crippen LogP contribution in [0.5, 0.6) is 0 Å². The molecule has 2 saturated carbocycles. The van der Waals surface area contributed by atoms with Gasteiger partial charge in [-0.2, -0.15) is 0 Å². The van der Waals surface area contributed by atoms with Gasteiger partial charge in [-0.3, -0.25) is 0 Å².